The molecular weight excluding hydrogens is 396 g/mol. The Balaban J connectivity index is 1.67. The third-order valence-corrected chi connectivity index (χ3v) is 6.32. The van der Waals surface area contributed by atoms with Crippen LogP contribution in [0.15, 0.2) is 36.4 Å². The number of nitrogens with one attached hydrogen (secondary N) is 1. The largest absolute Gasteiger partial charge is 0.350 e. The Kier molecular flexibility index (Phi) is 5.18. The Morgan fingerprint density at radius 3 is 2.50 bits per heavy atom. The maximum atomic E-state index is 13.5. The van der Waals surface area contributed by atoms with Crippen molar-refractivity contribution in [2.75, 3.05) is 0 Å². The first-order chi connectivity index (χ1) is 14.2. The molecule has 6 nitrogen and oxygen atoms in total. The van der Waals surface area contributed by atoms with Crippen molar-refractivity contribution in [1.82, 2.24) is 20.0 Å². The molecule has 1 atom stereocenters. The fourth-order valence-corrected chi connectivity index (χ4v) is 4.76. The number of aryl methyl sites for hydroxylation is 1. The van der Waals surface area contributed by atoms with Gasteiger partial charge in [-0.1, -0.05) is 18.2 Å². The fourth-order valence-electron chi connectivity index (χ4n) is 3.64. The van der Waals surface area contributed by atoms with Gasteiger partial charge in [-0.05, 0) is 65.7 Å². The van der Waals surface area contributed by atoms with E-state index in [1.807, 2.05) is 75.7 Å². The highest BCUT2D eigenvalue weighted by Crippen LogP contribution is 2.35. The molecule has 1 unspecified atom stereocenters. The summed E-state index contributed by atoms with van der Waals surface area (Å²) < 4.78 is 1.89. The Morgan fingerprint density at radius 1 is 1.23 bits per heavy atom. The van der Waals surface area contributed by atoms with E-state index in [1.54, 1.807) is 4.90 Å². The number of rotatable bonds is 5. The molecule has 2 aromatic heterocycles. The number of hydrogen-bond donors (Lipinski definition) is 1. The van der Waals surface area contributed by atoms with E-state index < -0.39 is 6.04 Å². The number of thiophene rings is 1. The average Bonchev–Trinajstić information content (AvgIpc) is 3.33. The van der Waals surface area contributed by atoms with Crippen LogP contribution in [-0.4, -0.2) is 44.1 Å². The molecule has 3 aromatic rings. The Bertz CT molecular complexity index is 1090. The zero-order valence-electron chi connectivity index (χ0n) is 18.1. The van der Waals surface area contributed by atoms with Crippen LogP contribution in [0.3, 0.4) is 0 Å². The molecule has 1 N–H and O–H groups in total. The summed E-state index contributed by atoms with van der Waals surface area (Å²) in [5, 5.41) is 8.64. The van der Waals surface area contributed by atoms with E-state index in [1.165, 1.54) is 11.3 Å². The Labute approximate surface area is 180 Å². The lowest BCUT2D eigenvalue weighted by atomic mass is 10.1. The molecule has 1 aliphatic carbocycles. The van der Waals surface area contributed by atoms with Gasteiger partial charge in [0.2, 0.25) is 5.91 Å². The van der Waals surface area contributed by atoms with E-state index >= 15 is 0 Å². The Hall–Kier alpha value is -2.67. The second-order valence-corrected chi connectivity index (χ2v) is 10.1. The van der Waals surface area contributed by atoms with Gasteiger partial charge in [0.15, 0.2) is 0 Å². The van der Waals surface area contributed by atoms with Crippen LogP contribution >= 0.6 is 11.3 Å². The maximum Gasteiger partial charge on any atom is 0.264 e. The molecule has 1 fully saturated rings. The van der Waals surface area contributed by atoms with Gasteiger partial charge < -0.3 is 10.2 Å². The van der Waals surface area contributed by atoms with Gasteiger partial charge in [0, 0.05) is 17.0 Å². The van der Waals surface area contributed by atoms with Crippen molar-refractivity contribution < 1.29 is 9.59 Å². The standard InChI is InChI=1S/C23H28N4O2S/c1-14-18-13-19(30-22(18)27(25-14)17-9-7-6-8-10-17)21(29)26(16-11-12-16)15(2)20(28)24-23(3,4)5/h6-10,13,15-16H,11-12H2,1-5H3,(H,24,28). The average molecular weight is 425 g/mol. The van der Waals surface area contributed by atoms with Gasteiger partial charge in [0.25, 0.3) is 5.91 Å². The number of fused-ring (bicyclic) bond motifs is 1. The molecule has 1 aromatic carbocycles. The van der Waals surface area contributed by atoms with E-state index in [-0.39, 0.29) is 23.4 Å². The zero-order valence-corrected chi connectivity index (χ0v) is 18.9. The number of amides is 2. The van der Waals surface area contributed by atoms with Crippen LogP contribution in [0, 0.1) is 6.92 Å². The molecule has 0 spiro atoms. The summed E-state index contributed by atoms with van der Waals surface area (Å²) in [4.78, 5) is 29.6. The lowest BCUT2D eigenvalue weighted by Crippen LogP contribution is -2.53. The summed E-state index contributed by atoms with van der Waals surface area (Å²) >= 11 is 1.44. The second-order valence-electron chi connectivity index (χ2n) is 9.02. The van der Waals surface area contributed by atoms with Gasteiger partial charge in [-0.15, -0.1) is 11.3 Å². The first-order valence-corrected chi connectivity index (χ1v) is 11.2. The van der Waals surface area contributed by atoms with Crippen molar-refractivity contribution in [2.24, 2.45) is 0 Å². The van der Waals surface area contributed by atoms with Gasteiger partial charge in [-0.2, -0.15) is 5.10 Å². The molecule has 0 saturated heterocycles. The number of carbonyl (C=O) groups is 2. The molecular formula is C23H28N4O2S. The molecule has 7 heteroatoms. The number of benzene rings is 1. The molecule has 4 rings (SSSR count). The molecule has 2 amide bonds. The number of hydrogen-bond acceptors (Lipinski definition) is 4. The topological polar surface area (TPSA) is 67.2 Å². The third kappa shape index (κ3) is 3.99. The van der Waals surface area contributed by atoms with Crippen LogP contribution in [0.4, 0.5) is 0 Å². The molecule has 30 heavy (non-hydrogen) atoms. The van der Waals surface area contributed by atoms with E-state index in [4.69, 9.17) is 0 Å². The van der Waals surface area contributed by atoms with Gasteiger partial charge in [-0.25, -0.2) is 4.68 Å². The molecule has 0 aliphatic heterocycles. The van der Waals surface area contributed by atoms with Crippen LogP contribution in [0.25, 0.3) is 15.9 Å². The minimum atomic E-state index is -0.513. The van der Waals surface area contributed by atoms with Crippen LogP contribution < -0.4 is 5.32 Å². The predicted molar refractivity (Wildman–Crippen MR) is 120 cm³/mol. The van der Waals surface area contributed by atoms with Crippen molar-refractivity contribution in [3.05, 3.63) is 47.0 Å². The fraction of sp³-hybridized carbons (Fsp3) is 0.435. The summed E-state index contributed by atoms with van der Waals surface area (Å²) in [6.45, 7) is 9.63. The quantitative estimate of drug-likeness (QED) is 0.664. The third-order valence-electron chi connectivity index (χ3n) is 5.23. The van der Waals surface area contributed by atoms with E-state index in [9.17, 15) is 9.59 Å². The number of carbonyl (C=O) groups excluding carboxylic acids is 2. The normalized spacial score (nSPS) is 15.2. The highest BCUT2D eigenvalue weighted by Gasteiger charge is 2.40. The van der Waals surface area contributed by atoms with Gasteiger partial charge >= 0.3 is 0 Å². The van der Waals surface area contributed by atoms with Gasteiger partial charge in [-0.3, -0.25) is 9.59 Å². The molecule has 1 aliphatic rings. The molecule has 0 radical (unpaired) electrons. The summed E-state index contributed by atoms with van der Waals surface area (Å²) in [7, 11) is 0. The number of para-hydroxylation sites is 1. The highest BCUT2D eigenvalue weighted by molar-refractivity contribution is 7.20. The summed E-state index contributed by atoms with van der Waals surface area (Å²) in [6.07, 6.45) is 1.89. The SMILES string of the molecule is Cc1nn(-c2ccccc2)c2sc(C(=O)N(C3CC3)C(C)C(=O)NC(C)(C)C)cc12. The molecule has 1 saturated carbocycles. The predicted octanol–water partition coefficient (Wildman–Crippen LogP) is 4.30. The van der Waals surface area contributed by atoms with E-state index in [0.29, 0.717) is 4.88 Å². The lowest BCUT2D eigenvalue weighted by molar-refractivity contribution is -0.126. The molecule has 2 heterocycles. The summed E-state index contributed by atoms with van der Waals surface area (Å²) in [5.41, 5.74) is 1.52. The van der Waals surface area contributed by atoms with Crippen LogP contribution in [0.2, 0.25) is 0 Å². The lowest BCUT2D eigenvalue weighted by Gasteiger charge is -2.31. The minimum absolute atomic E-state index is 0.0747. The van der Waals surface area contributed by atoms with Crippen molar-refractivity contribution in [1.29, 1.82) is 0 Å². The van der Waals surface area contributed by atoms with Crippen LogP contribution in [0.5, 0.6) is 0 Å². The monoisotopic (exact) mass is 424 g/mol. The minimum Gasteiger partial charge on any atom is -0.350 e. The number of nitrogens with zero attached hydrogens (tertiary/aromatic N) is 3. The van der Waals surface area contributed by atoms with Gasteiger partial charge in [0.1, 0.15) is 10.9 Å². The number of aromatic nitrogens is 2. The molecule has 158 valence electrons. The summed E-state index contributed by atoms with van der Waals surface area (Å²) in [5.74, 6) is -0.190. The van der Waals surface area contributed by atoms with Crippen LogP contribution in [0.1, 0.15) is 55.9 Å². The van der Waals surface area contributed by atoms with Gasteiger partial charge in [0.05, 0.1) is 16.3 Å². The van der Waals surface area contributed by atoms with Crippen LogP contribution in [-0.2, 0) is 4.79 Å². The van der Waals surface area contributed by atoms with E-state index in [2.05, 4.69) is 10.4 Å². The first kappa shape index (κ1) is 20.6. The zero-order chi connectivity index (χ0) is 21.6. The van der Waals surface area contributed by atoms with Crippen molar-refractivity contribution in [2.45, 2.75) is 65.1 Å². The molecule has 0 bridgehead atoms. The smallest absolute Gasteiger partial charge is 0.264 e. The maximum absolute atomic E-state index is 13.5. The Morgan fingerprint density at radius 2 is 1.90 bits per heavy atom. The van der Waals surface area contributed by atoms with E-state index in [0.717, 1.165) is 34.4 Å². The first-order valence-electron chi connectivity index (χ1n) is 10.3. The second kappa shape index (κ2) is 7.54. The van der Waals surface area contributed by atoms with Crippen molar-refractivity contribution in [3.8, 4) is 5.69 Å². The highest BCUT2D eigenvalue weighted by atomic mass is 32.1. The summed E-state index contributed by atoms with van der Waals surface area (Å²) in [6, 6.07) is 11.5. The van der Waals surface area contributed by atoms with Crippen molar-refractivity contribution >= 4 is 33.4 Å². The van der Waals surface area contributed by atoms with Crippen molar-refractivity contribution in [3.63, 3.8) is 0 Å².